The zero-order valence-electron chi connectivity index (χ0n) is 13.2. The standard InChI is InChI=1S/C16H24N2O3/c1-5-21-16-11(2)18-13(10-17-16)8-12-6-7-14(19-3)9-15(12)20-4/h6-7,9,11,13,18H,5,8,10H2,1-4H3. The number of methoxy groups -OCH3 is 2. The van der Waals surface area contributed by atoms with Gasteiger partial charge in [-0.2, -0.15) is 0 Å². The van der Waals surface area contributed by atoms with Gasteiger partial charge >= 0.3 is 0 Å². The van der Waals surface area contributed by atoms with E-state index in [1.807, 2.05) is 25.1 Å². The van der Waals surface area contributed by atoms with Gasteiger partial charge in [0.25, 0.3) is 0 Å². The molecule has 2 atom stereocenters. The lowest BCUT2D eigenvalue weighted by molar-refractivity contribution is 0.288. The van der Waals surface area contributed by atoms with E-state index < -0.39 is 0 Å². The molecular formula is C16H24N2O3. The summed E-state index contributed by atoms with van der Waals surface area (Å²) in [6.07, 6.45) is 0.862. The average Bonchev–Trinajstić information content (AvgIpc) is 2.50. The van der Waals surface area contributed by atoms with E-state index in [9.17, 15) is 0 Å². The molecule has 0 saturated carbocycles. The van der Waals surface area contributed by atoms with Gasteiger partial charge in [-0.15, -0.1) is 0 Å². The Morgan fingerprint density at radius 2 is 2.10 bits per heavy atom. The van der Waals surface area contributed by atoms with Crippen LogP contribution < -0.4 is 14.8 Å². The Morgan fingerprint density at radius 1 is 1.29 bits per heavy atom. The lowest BCUT2D eigenvalue weighted by atomic mass is 10.0. The minimum absolute atomic E-state index is 0.146. The highest BCUT2D eigenvalue weighted by Crippen LogP contribution is 2.26. The zero-order valence-corrected chi connectivity index (χ0v) is 13.2. The molecule has 2 unspecified atom stereocenters. The quantitative estimate of drug-likeness (QED) is 0.902. The number of benzene rings is 1. The van der Waals surface area contributed by atoms with Crippen LogP contribution in [0.25, 0.3) is 0 Å². The van der Waals surface area contributed by atoms with Crippen LogP contribution in [0.15, 0.2) is 23.2 Å². The van der Waals surface area contributed by atoms with Crippen LogP contribution in [-0.4, -0.2) is 45.4 Å². The van der Waals surface area contributed by atoms with Gasteiger partial charge in [-0.25, -0.2) is 0 Å². The molecular weight excluding hydrogens is 268 g/mol. The summed E-state index contributed by atoms with van der Waals surface area (Å²) in [5.41, 5.74) is 1.15. The van der Waals surface area contributed by atoms with Gasteiger partial charge < -0.3 is 19.5 Å². The summed E-state index contributed by atoms with van der Waals surface area (Å²) < 4.78 is 16.2. The summed E-state index contributed by atoms with van der Waals surface area (Å²) in [5.74, 6) is 2.45. The molecule has 0 aromatic heterocycles. The molecule has 0 aliphatic carbocycles. The molecule has 1 aromatic carbocycles. The van der Waals surface area contributed by atoms with Crippen molar-refractivity contribution in [3.05, 3.63) is 23.8 Å². The molecule has 0 amide bonds. The highest BCUT2D eigenvalue weighted by molar-refractivity contribution is 5.82. The predicted molar refractivity (Wildman–Crippen MR) is 83.6 cm³/mol. The van der Waals surface area contributed by atoms with Crippen LogP contribution in [0, 0.1) is 0 Å². The van der Waals surface area contributed by atoms with Crippen molar-refractivity contribution in [3.8, 4) is 11.5 Å². The smallest absolute Gasteiger partial charge is 0.200 e. The van der Waals surface area contributed by atoms with Crippen LogP contribution in [0.4, 0.5) is 0 Å². The van der Waals surface area contributed by atoms with E-state index in [4.69, 9.17) is 14.2 Å². The second-order valence-corrected chi connectivity index (χ2v) is 5.08. The molecule has 5 nitrogen and oxygen atoms in total. The fourth-order valence-electron chi connectivity index (χ4n) is 2.54. The highest BCUT2D eigenvalue weighted by atomic mass is 16.5. The first-order valence-electron chi connectivity index (χ1n) is 7.32. The summed E-state index contributed by atoms with van der Waals surface area (Å²) >= 11 is 0. The largest absolute Gasteiger partial charge is 0.497 e. The summed E-state index contributed by atoms with van der Waals surface area (Å²) in [6, 6.07) is 6.35. The van der Waals surface area contributed by atoms with Crippen LogP contribution in [0.1, 0.15) is 19.4 Å². The predicted octanol–water partition coefficient (Wildman–Crippen LogP) is 2.04. The maximum Gasteiger partial charge on any atom is 0.200 e. The lowest BCUT2D eigenvalue weighted by Gasteiger charge is -2.28. The first-order chi connectivity index (χ1) is 10.2. The number of hydrogen-bond acceptors (Lipinski definition) is 5. The minimum Gasteiger partial charge on any atom is -0.497 e. The molecule has 0 spiro atoms. The molecule has 1 aromatic rings. The van der Waals surface area contributed by atoms with Gasteiger partial charge in [0.05, 0.1) is 33.4 Å². The average molecular weight is 292 g/mol. The topological polar surface area (TPSA) is 52.1 Å². The van der Waals surface area contributed by atoms with E-state index >= 15 is 0 Å². The van der Waals surface area contributed by atoms with Crippen LogP contribution in [0.2, 0.25) is 0 Å². The van der Waals surface area contributed by atoms with Gasteiger partial charge in [-0.3, -0.25) is 4.99 Å². The number of aliphatic imine (C=N–C) groups is 1. The monoisotopic (exact) mass is 292 g/mol. The third-order valence-corrected chi connectivity index (χ3v) is 3.58. The Kier molecular flexibility index (Phi) is 5.44. The number of ether oxygens (including phenoxy) is 3. The molecule has 0 fully saturated rings. The minimum atomic E-state index is 0.146. The third kappa shape index (κ3) is 3.88. The van der Waals surface area contributed by atoms with Gasteiger partial charge in [-0.05, 0) is 31.9 Å². The first-order valence-corrected chi connectivity index (χ1v) is 7.32. The molecule has 5 heteroatoms. The summed E-state index contributed by atoms with van der Waals surface area (Å²) in [6.45, 7) is 5.42. The van der Waals surface area contributed by atoms with E-state index in [0.717, 1.165) is 35.9 Å². The lowest BCUT2D eigenvalue weighted by Crippen LogP contribution is -2.48. The van der Waals surface area contributed by atoms with Crippen molar-refractivity contribution in [2.24, 2.45) is 4.99 Å². The number of nitrogens with one attached hydrogen (secondary N) is 1. The molecule has 21 heavy (non-hydrogen) atoms. The molecule has 2 rings (SSSR count). The number of rotatable bonds is 5. The summed E-state index contributed by atoms with van der Waals surface area (Å²) in [4.78, 5) is 4.53. The number of hydrogen-bond donors (Lipinski definition) is 1. The normalized spacial score (nSPS) is 21.6. The number of nitrogens with zero attached hydrogens (tertiary/aromatic N) is 1. The molecule has 1 N–H and O–H groups in total. The van der Waals surface area contributed by atoms with Crippen molar-refractivity contribution >= 4 is 5.90 Å². The molecule has 0 bridgehead atoms. The molecule has 1 aliphatic rings. The van der Waals surface area contributed by atoms with Crippen LogP contribution >= 0.6 is 0 Å². The maximum absolute atomic E-state index is 5.52. The van der Waals surface area contributed by atoms with E-state index in [0.29, 0.717) is 6.61 Å². The Morgan fingerprint density at radius 3 is 2.71 bits per heavy atom. The van der Waals surface area contributed by atoms with Crippen molar-refractivity contribution in [2.45, 2.75) is 32.4 Å². The molecule has 0 radical (unpaired) electrons. The van der Waals surface area contributed by atoms with Crippen molar-refractivity contribution in [1.82, 2.24) is 5.32 Å². The molecule has 1 aliphatic heterocycles. The van der Waals surface area contributed by atoms with Crippen LogP contribution in [-0.2, 0) is 11.2 Å². The fourth-order valence-corrected chi connectivity index (χ4v) is 2.54. The van der Waals surface area contributed by atoms with E-state index in [2.05, 4.69) is 17.2 Å². The summed E-state index contributed by atoms with van der Waals surface area (Å²) in [7, 11) is 3.34. The van der Waals surface area contributed by atoms with E-state index in [-0.39, 0.29) is 12.1 Å². The third-order valence-electron chi connectivity index (χ3n) is 3.58. The van der Waals surface area contributed by atoms with E-state index in [1.165, 1.54) is 0 Å². The first kappa shape index (κ1) is 15.6. The Labute approximate surface area is 126 Å². The van der Waals surface area contributed by atoms with Gasteiger partial charge in [0.1, 0.15) is 11.5 Å². The van der Waals surface area contributed by atoms with Crippen molar-refractivity contribution in [1.29, 1.82) is 0 Å². The fraction of sp³-hybridized carbons (Fsp3) is 0.562. The Balaban J connectivity index is 2.06. The Hall–Kier alpha value is -1.75. The van der Waals surface area contributed by atoms with Crippen LogP contribution in [0.5, 0.6) is 11.5 Å². The second kappa shape index (κ2) is 7.31. The van der Waals surface area contributed by atoms with Crippen molar-refractivity contribution < 1.29 is 14.2 Å². The maximum atomic E-state index is 5.52. The Bertz CT molecular complexity index is 502. The van der Waals surface area contributed by atoms with Gasteiger partial charge in [0, 0.05) is 12.1 Å². The zero-order chi connectivity index (χ0) is 15.2. The van der Waals surface area contributed by atoms with Gasteiger partial charge in [0.15, 0.2) is 0 Å². The summed E-state index contributed by atoms with van der Waals surface area (Å²) in [5, 5.41) is 3.54. The van der Waals surface area contributed by atoms with Crippen molar-refractivity contribution in [3.63, 3.8) is 0 Å². The van der Waals surface area contributed by atoms with Gasteiger partial charge in [0.2, 0.25) is 5.90 Å². The van der Waals surface area contributed by atoms with Gasteiger partial charge in [-0.1, -0.05) is 6.07 Å². The highest BCUT2D eigenvalue weighted by Gasteiger charge is 2.23. The van der Waals surface area contributed by atoms with E-state index in [1.54, 1.807) is 14.2 Å². The van der Waals surface area contributed by atoms with Crippen LogP contribution in [0.3, 0.4) is 0 Å². The van der Waals surface area contributed by atoms with Crippen molar-refractivity contribution in [2.75, 3.05) is 27.4 Å². The SMILES string of the molecule is CCOC1=NCC(Cc2ccc(OC)cc2OC)NC1C. The molecule has 1 heterocycles. The molecule has 116 valence electrons. The second-order valence-electron chi connectivity index (χ2n) is 5.08. The molecule has 0 saturated heterocycles.